The van der Waals surface area contributed by atoms with Crippen molar-refractivity contribution in [3.05, 3.63) is 295 Å². The monoisotopic (exact) mass is 839 g/mol. The minimum atomic E-state index is -0.538. The lowest BCUT2D eigenvalue weighted by Crippen LogP contribution is -2.28. The fourth-order valence-corrected chi connectivity index (χ4v) is 10.7. The standard InChI is InChI=1S/C65H45N/c1-4-21-46(22-5-1)55-32-12-13-33-57(55)50-25-18-30-53(45-50)66(62-39-17-15-34-58(62)49-43-41-48(42-44-49)56-36-19-24-47-23-10-11-31-54(47)56)63-40-20-38-61-64(63)59-35-14-16-37-60(59)65(61,51-26-6-2-7-27-51)52-28-8-3-9-29-52/h1-45H. The summed E-state index contributed by atoms with van der Waals surface area (Å²) in [5, 5.41) is 2.50. The van der Waals surface area contributed by atoms with Gasteiger partial charge in [0.05, 0.1) is 16.8 Å². The number of para-hydroxylation sites is 1. The Bertz CT molecular complexity index is 3470. The van der Waals surface area contributed by atoms with Crippen LogP contribution in [-0.4, -0.2) is 0 Å². The Morgan fingerprint density at radius 1 is 0.273 bits per heavy atom. The predicted octanol–water partition coefficient (Wildman–Crippen LogP) is 17.3. The third-order valence-electron chi connectivity index (χ3n) is 13.6. The van der Waals surface area contributed by atoms with Gasteiger partial charge in [-0.3, -0.25) is 0 Å². The Hall–Kier alpha value is -8.52. The van der Waals surface area contributed by atoms with Gasteiger partial charge in [0, 0.05) is 16.8 Å². The second kappa shape index (κ2) is 16.6. The molecular formula is C65H45N. The summed E-state index contributed by atoms with van der Waals surface area (Å²) in [7, 11) is 0. The van der Waals surface area contributed by atoms with Gasteiger partial charge in [0.1, 0.15) is 0 Å². The molecular weight excluding hydrogens is 795 g/mol. The minimum Gasteiger partial charge on any atom is -0.309 e. The van der Waals surface area contributed by atoms with E-state index < -0.39 is 5.41 Å². The molecule has 0 saturated carbocycles. The summed E-state index contributed by atoms with van der Waals surface area (Å²) in [6.45, 7) is 0. The normalized spacial score (nSPS) is 12.4. The quantitative estimate of drug-likeness (QED) is 0.140. The molecule has 1 heteroatoms. The van der Waals surface area contributed by atoms with Gasteiger partial charge in [-0.05, 0) is 102 Å². The molecule has 0 heterocycles. The van der Waals surface area contributed by atoms with E-state index in [2.05, 4.69) is 278 Å². The average molecular weight is 840 g/mol. The highest BCUT2D eigenvalue weighted by Crippen LogP contribution is 2.60. The Morgan fingerprint density at radius 3 is 1.45 bits per heavy atom. The maximum Gasteiger partial charge on any atom is 0.0714 e. The molecule has 0 spiro atoms. The van der Waals surface area contributed by atoms with Gasteiger partial charge < -0.3 is 4.90 Å². The summed E-state index contributed by atoms with van der Waals surface area (Å²) in [4.78, 5) is 2.52. The number of fused-ring (bicyclic) bond motifs is 4. The molecule has 0 aromatic heterocycles. The van der Waals surface area contributed by atoms with Crippen LogP contribution >= 0.6 is 0 Å². The Balaban J connectivity index is 1.10. The lowest BCUT2D eigenvalue weighted by molar-refractivity contribution is 0.768. The first kappa shape index (κ1) is 39.1. The molecule has 66 heavy (non-hydrogen) atoms. The lowest BCUT2D eigenvalue weighted by atomic mass is 9.68. The number of anilines is 3. The first-order valence-corrected chi connectivity index (χ1v) is 22.8. The van der Waals surface area contributed by atoms with Crippen LogP contribution in [0.15, 0.2) is 273 Å². The molecule has 0 saturated heterocycles. The van der Waals surface area contributed by atoms with Gasteiger partial charge in [-0.15, -0.1) is 0 Å². The van der Waals surface area contributed by atoms with Crippen LogP contribution in [0.2, 0.25) is 0 Å². The van der Waals surface area contributed by atoms with Crippen LogP contribution in [0.3, 0.4) is 0 Å². The van der Waals surface area contributed by atoms with Crippen LogP contribution in [-0.2, 0) is 5.41 Å². The fraction of sp³-hybridized carbons (Fsp3) is 0.0154. The van der Waals surface area contributed by atoms with Gasteiger partial charge in [0.25, 0.3) is 0 Å². The van der Waals surface area contributed by atoms with Crippen LogP contribution < -0.4 is 4.90 Å². The molecule has 11 aromatic rings. The Kier molecular flexibility index (Phi) is 9.81. The zero-order chi connectivity index (χ0) is 43.9. The van der Waals surface area contributed by atoms with Gasteiger partial charge >= 0.3 is 0 Å². The molecule has 1 nitrogen and oxygen atoms in total. The van der Waals surface area contributed by atoms with Crippen molar-refractivity contribution in [1.82, 2.24) is 0 Å². The molecule has 310 valence electrons. The summed E-state index contributed by atoms with van der Waals surface area (Å²) < 4.78 is 0. The summed E-state index contributed by atoms with van der Waals surface area (Å²) in [5.41, 5.74) is 19.8. The summed E-state index contributed by atoms with van der Waals surface area (Å²) in [5.74, 6) is 0. The number of benzene rings is 11. The van der Waals surface area contributed by atoms with Gasteiger partial charge in [-0.1, -0.05) is 249 Å². The van der Waals surface area contributed by atoms with Gasteiger partial charge in [0.2, 0.25) is 0 Å². The molecule has 0 amide bonds. The predicted molar refractivity (Wildman–Crippen MR) is 278 cm³/mol. The average Bonchev–Trinajstić information content (AvgIpc) is 3.71. The van der Waals surface area contributed by atoms with Crippen molar-refractivity contribution < 1.29 is 0 Å². The van der Waals surface area contributed by atoms with E-state index in [-0.39, 0.29) is 0 Å². The highest BCUT2D eigenvalue weighted by molar-refractivity contribution is 6.01. The van der Waals surface area contributed by atoms with E-state index >= 15 is 0 Å². The maximum absolute atomic E-state index is 2.52. The molecule has 0 fully saturated rings. The molecule has 1 aliphatic rings. The van der Waals surface area contributed by atoms with Crippen molar-refractivity contribution in [2.45, 2.75) is 5.41 Å². The van der Waals surface area contributed by atoms with Crippen molar-refractivity contribution in [2.24, 2.45) is 0 Å². The van der Waals surface area contributed by atoms with Crippen molar-refractivity contribution in [2.75, 3.05) is 4.90 Å². The van der Waals surface area contributed by atoms with E-state index in [4.69, 9.17) is 0 Å². The molecule has 0 unspecified atom stereocenters. The van der Waals surface area contributed by atoms with Crippen LogP contribution in [0.25, 0.3) is 66.4 Å². The molecule has 0 atom stereocenters. The van der Waals surface area contributed by atoms with E-state index in [1.807, 2.05) is 0 Å². The van der Waals surface area contributed by atoms with E-state index in [0.717, 1.165) is 33.8 Å². The van der Waals surface area contributed by atoms with Crippen molar-refractivity contribution in [3.63, 3.8) is 0 Å². The Labute approximate surface area is 387 Å². The SMILES string of the molecule is c1ccc(-c2ccccc2-c2cccc(N(c3ccccc3-c3ccc(-c4cccc5ccccc45)cc3)c3cccc4c3-c3ccccc3C4(c3ccccc3)c3ccccc3)c2)cc1. The lowest BCUT2D eigenvalue weighted by Gasteiger charge is -2.34. The summed E-state index contributed by atoms with van der Waals surface area (Å²) >= 11 is 0. The van der Waals surface area contributed by atoms with Gasteiger partial charge in [0.15, 0.2) is 0 Å². The topological polar surface area (TPSA) is 3.24 Å². The maximum atomic E-state index is 2.52. The van der Waals surface area contributed by atoms with Crippen LogP contribution in [0.4, 0.5) is 17.1 Å². The van der Waals surface area contributed by atoms with Crippen molar-refractivity contribution in [3.8, 4) is 55.6 Å². The van der Waals surface area contributed by atoms with E-state index in [9.17, 15) is 0 Å². The van der Waals surface area contributed by atoms with Gasteiger partial charge in [-0.2, -0.15) is 0 Å². The third-order valence-corrected chi connectivity index (χ3v) is 13.6. The van der Waals surface area contributed by atoms with E-state index in [1.165, 1.54) is 72.0 Å². The Morgan fingerprint density at radius 2 is 0.727 bits per heavy atom. The summed E-state index contributed by atoms with van der Waals surface area (Å²) in [6, 6.07) is 100. The highest BCUT2D eigenvalue weighted by atomic mass is 15.1. The molecule has 0 N–H and O–H groups in total. The van der Waals surface area contributed by atoms with E-state index in [0.29, 0.717) is 0 Å². The van der Waals surface area contributed by atoms with Crippen LogP contribution in [0, 0.1) is 0 Å². The third kappa shape index (κ3) is 6.47. The summed E-state index contributed by atoms with van der Waals surface area (Å²) in [6.07, 6.45) is 0. The molecule has 0 aliphatic heterocycles. The number of nitrogens with zero attached hydrogens (tertiary/aromatic N) is 1. The van der Waals surface area contributed by atoms with Gasteiger partial charge in [-0.25, -0.2) is 0 Å². The molecule has 0 bridgehead atoms. The molecule has 1 aliphatic carbocycles. The minimum absolute atomic E-state index is 0.538. The first-order chi connectivity index (χ1) is 32.8. The molecule has 12 rings (SSSR count). The smallest absolute Gasteiger partial charge is 0.0714 e. The fourth-order valence-electron chi connectivity index (χ4n) is 10.7. The largest absolute Gasteiger partial charge is 0.309 e. The van der Waals surface area contributed by atoms with Crippen LogP contribution in [0.1, 0.15) is 22.3 Å². The van der Waals surface area contributed by atoms with Crippen molar-refractivity contribution >= 4 is 27.8 Å². The van der Waals surface area contributed by atoms with E-state index in [1.54, 1.807) is 0 Å². The zero-order valence-electron chi connectivity index (χ0n) is 36.4. The van der Waals surface area contributed by atoms with Crippen LogP contribution in [0.5, 0.6) is 0 Å². The first-order valence-electron chi connectivity index (χ1n) is 22.8. The molecule has 11 aromatic carbocycles. The number of hydrogen-bond donors (Lipinski definition) is 0. The molecule has 0 radical (unpaired) electrons. The van der Waals surface area contributed by atoms with Crippen molar-refractivity contribution in [1.29, 1.82) is 0 Å². The second-order valence-electron chi connectivity index (χ2n) is 17.1. The second-order valence-corrected chi connectivity index (χ2v) is 17.1. The number of rotatable bonds is 9. The zero-order valence-corrected chi connectivity index (χ0v) is 36.4. The number of hydrogen-bond acceptors (Lipinski definition) is 1. The highest BCUT2D eigenvalue weighted by Gasteiger charge is 2.47.